The first kappa shape index (κ1) is 13.1. The Hall–Kier alpha value is -0.900. The highest BCUT2D eigenvalue weighted by molar-refractivity contribution is 5.96. The van der Waals surface area contributed by atoms with Gasteiger partial charge in [0.05, 0.1) is 12.2 Å². The molecule has 4 heteroatoms. The summed E-state index contributed by atoms with van der Waals surface area (Å²) >= 11 is 0. The van der Waals surface area contributed by atoms with Crippen molar-refractivity contribution in [3.63, 3.8) is 0 Å². The zero-order valence-electron chi connectivity index (χ0n) is 9.20. The molecule has 82 valence electrons. The van der Waals surface area contributed by atoms with E-state index < -0.39 is 5.97 Å². The minimum atomic E-state index is -0.489. The van der Waals surface area contributed by atoms with Gasteiger partial charge in [-0.15, -0.1) is 0 Å². The zero-order valence-corrected chi connectivity index (χ0v) is 9.20. The highest BCUT2D eigenvalue weighted by Gasteiger charge is 2.12. The van der Waals surface area contributed by atoms with Crippen molar-refractivity contribution in [3.8, 4) is 0 Å². The third-order valence-electron chi connectivity index (χ3n) is 1.29. The van der Waals surface area contributed by atoms with Crippen LogP contribution < -0.4 is 0 Å². The number of carbonyl (C=O) groups excluding carboxylic acids is 2. The van der Waals surface area contributed by atoms with E-state index in [1.807, 2.05) is 13.8 Å². The average molecular weight is 202 g/mol. The number of Topliss-reactive ketones (excluding diaryl/α,β-unsaturated/α-hetero) is 1. The number of esters is 1. The van der Waals surface area contributed by atoms with Gasteiger partial charge in [0.2, 0.25) is 0 Å². The molecule has 0 saturated carbocycles. The molecular weight excluding hydrogens is 184 g/mol. The fourth-order valence-electron chi connectivity index (χ4n) is 0.776. The highest BCUT2D eigenvalue weighted by Crippen LogP contribution is 1.96. The number of rotatable bonds is 6. The van der Waals surface area contributed by atoms with E-state index in [1.54, 1.807) is 13.8 Å². The van der Waals surface area contributed by atoms with Crippen LogP contribution >= 0.6 is 0 Å². The quantitative estimate of drug-likeness (QED) is 0.481. The Morgan fingerprint density at radius 3 is 2.07 bits per heavy atom. The molecule has 0 heterocycles. The van der Waals surface area contributed by atoms with E-state index in [0.29, 0.717) is 0 Å². The number of hydrogen-bond acceptors (Lipinski definition) is 4. The maximum absolute atomic E-state index is 11.1. The van der Waals surface area contributed by atoms with E-state index in [-0.39, 0.29) is 31.0 Å². The van der Waals surface area contributed by atoms with Crippen LogP contribution in [0, 0.1) is 0 Å². The molecule has 0 saturated heterocycles. The molecule has 0 rings (SSSR count). The van der Waals surface area contributed by atoms with Crippen molar-refractivity contribution in [3.05, 3.63) is 0 Å². The van der Waals surface area contributed by atoms with Crippen molar-refractivity contribution in [1.29, 1.82) is 0 Å². The molecule has 4 nitrogen and oxygen atoms in total. The maximum Gasteiger partial charge on any atom is 0.313 e. The van der Waals surface area contributed by atoms with Crippen LogP contribution in [0.3, 0.4) is 0 Å². The monoisotopic (exact) mass is 202 g/mol. The number of hydrogen-bond donors (Lipinski definition) is 0. The summed E-state index contributed by atoms with van der Waals surface area (Å²) in [5.41, 5.74) is 0. The second-order valence-corrected chi connectivity index (χ2v) is 3.61. The Balaban J connectivity index is 3.66. The molecule has 0 aromatic rings. The smallest absolute Gasteiger partial charge is 0.313 e. The van der Waals surface area contributed by atoms with Gasteiger partial charge in [0.1, 0.15) is 13.0 Å². The van der Waals surface area contributed by atoms with Gasteiger partial charge in [-0.1, -0.05) is 0 Å². The first-order valence-corrected chi connectivity index (χ1v) is 4.74. The molecular formula is C10H18O4. The Kier molecular flexibility index (Phi) is 6.12. The summed E-state index contributed by atoms with van der Waals surface area (Å²) in [7, 11) is 0. The largest absolute Gasteiger partial charge is 0.463 e. The second kappa shape index (κ2) is 6.54. The molecule has 0 bridgehead atoms. The van der Waals surface area contributed by atoms with E-state index in [4.69, 9.17) is 9.47 Å². The van der Waals surface area contributed by atoms with Crippen LogP contribution in [0.4, 0.5) is 0 Å². The second-order valence-electron chi connectivity index (χ2n) is 3.61. The fraction of sp³-hybridized carbons (Fsp3) is 0.800. The summed E-state index contributed by atoms with van der Waals surface area (Å²) < 4.78 is 9.86. The van der Waals surface area contributed by atoms with Gasteiger partial charge < -0.3 is 9.47 Å². The van der Waals surface area contributed by atoms with Gasteiger partial charge in [0.15, 0.2) is 5.78 Å². The van der Waals surface area contributed by atoms with Gasteiger partial charge in [-0.25, -0.2) is 0 Å². The first-order chi connectivity index (χ1) is 6.41. The van der Waals surface area contributed by atoms with E-state index in [9.17, 15) is 9.59 Å². The molecule has 0 amide bonds. The summed E-state index contributed by atoms with van der Waals surface area (Å²) in [6.45, 7) is 7.13. The Bertz CT molecular complexity index is 196. The van der Waals surface area contributed by atoms with Crippen LogP contribution in [0.2, 0.25) is 0 Å². The van der Waals surface area contributed by atoms with Crippen molar-refractivity contribution >= 4 is 11.8 Å². The lowest BCUT2D eigenvalue weighted by molar-refractivity contribution is -0.150. The van der Waals surface area contributed by atoms with Crippen molar-refractivity contribution in [1.82, 2.24) is 0 Å². The lowest BCUT2D eigenvalue weighted by Crippen LogP contribution is -2.20. The van der Waals surface area contributed by atoms with Crippen molar-refractivity contribution in [2.24, 2.45) is 0 Å². The molecule has 0 aromatic carbocycles. The molecule has 0 N–H and O–H groups in total. The minimum absolute atomic E-state index is 0.0000640. The molecule has 0 aliphatic heterocycles. The molecule has 0 aromatic heterocycles. The Labute approximate surface area is 84.6 Å². The normalized spacial score (nSPS) is 10.7. The molecule has 0 atom stereocenters. The molecule has 0 aliphatic carbocycles. The van der Waals surface area contributed by atoms with Crippen molar-refractivity contribution in [2.45, 2.75) is 46.3 Å². The van der Waals surface area contributed by atoms with Crippen molar-refractivity contribution in [2.75, 3.05) is 6.61 Å². The van der Waals surface area contributed by atoms with Gasteiger partial charge in [-0.05, 0) is 27.7 Å². The number of ether oxygens (including phenoxy) is 2. The molecule has 0 unspecified atom stereocenters. The van der Waals surface area contributed by atoms with Crippen molar-refractivity contribution < 1.29 is 19.1 Å². The van der Waals surface area contributed by atoms with Crippen LogP contribution in [0.15, 0.2) is 0 Å². The third kappa shape index (κ3) is 7.73. The topological polar surface area (TPSA) is 52.6 Å². The molecule has 0 radical (unpaired) electrons. The van der Waals surface area contributed by atoms with Gasteiger partial charge in [-0.3, -0.25) is 9.59 Å². The zero-order chi connectivity index (χ0) is 11.1. The molecule has 0 fully saturated rings. The van der Waals surface area contributed by atoms with E-state index in [1.165, 1.54) is 0 Å². The first-order valence-electron chi connectivity index (χ1n) is 4.74. The summed E-state index contributed by atoms with van der Waals surface area (Å²) in [6, 6.07) is 0. The van der Waals surface area contributed by atoms with Crippen LogP contribution in [-0.2, 0) is 19.1 Å². The van der Waals surface area contributed by atoms with Gasteiger partial charge >= 0.3 is 5.97 Å². The number of ketones is 1. The van der Waals surface area contributed by atoms with Gasteiger partial charge in [0.25, 0.3) is 0 Å². The van der Waals surface area contributed by atoms with Gasteiger partial charge in [0, 0.05) is 0 Å². The molecule has 0 aliphatic rings. The molecule has 0 spiro atoms. The highest BCUT2D eigenvalue weighted by atomic mass is 16.5. The third-order valence-corrected chi connectivity index (χ3v) is 1.29. The summed E-state index contributed by atoms with van der Waals surface area (Å²) in [5, 5.41) is 0. The van der Waals surface area contributed by atoms with Gasteiger partial charge in [-0.2, -0.15) is 0 Å². The predicted octanol–water partition coefficient (Wildman–Crippen LogP) is 1.32. The average Bonchev–Trinajstić information content (AvgIpc) is 1.98. The Morgan fingerprint density at radius 1 is 1.07 bits per heavy atom. The summed E-state index contributed by atoms with van der Waals surface area (Å²) in [6.07, 6.45) is -0.383. The minimum Gasteiger partial charge on any atom is -0.463 e. The fourth-order valence-corrected chi connectivity index (χ4v) is 0.776. The van der Waals surface area contributed by atoms with Crippen LogP contribution in [0.25, 0.3) is 0 Å². The SMILES string of the molecule is CC(C)OCC(=O)CC(=O)OC(C)C. The van der Waals surface area contributed by atoms with Crippen LogP contribution in [-0.4, -0.2) is 30.6 Å². The van der Waals surface area contributed by atoms with E-state index >= 15 is 0 Å². The maximum atomic E-state index is 11.1. The summed E-state index contributed by atoms with van der Waals surface area (Å²) in [4.78, 5) is 22.1. The Morgan fingerprint density at radius 2 is 1.64 bits per heavy atom. The van der Waals surface area contributed by atoms with Crippen LogP contribution in [0.1, 0.15) is 34.1 Å². The lowest BCUT2D eigenvalue weighted by atomic mass is 10.3. The van der Waals surface area contributed by atoms with E-state index in [2.05, 4.69) is 0 Å². The number of carbonyl (C=O) groups is 2. The molecule has 14 heavy (non-hydrogen) atoms. The van der Waals surface area contributed by atoms with Crippen LogP contribution in [0.5, 0.6) is 0 Å². The predicted molar refractivity (Wildman–Crippen MR) is 51.9 cm³/mol. The standard InChI is InChI=1S/C10H18O4/c1-7(2)13-6-9(11)5-10(12)14-8(3)4/h7-8H,5-6H2,1-4H3. The lowest BCUT2D eigenvalue weighted by Gasteiger charge is -2.08. The summed E-state index contributed by atoms with van der Waals surface area (Å²) in [5.74, 6) is -0.735. The van der Waals surface area contributed by atoms with E-state index in [0.717, 1.165) is 0 Å².